The van der Waals surface area contributed by atoms with Gasteiger partial charge in [0.2, 0.25) is 0 Å². The highest BCUT2D eigenvalue weighted by Crippen LogP contribution is 2.31. The molecule has 0 atom stereocenters. The molecule has 3 aromatic carbocycles. The van der Waals surface area contributed by atoms with Crippen molar-refractivity contribution in [1.29, 1.82) is 0 Å². The number of rotatable bonds is 2. The van der Waals surface area contributed by atoms with Crippen LogP contribution in [0.3, 0.4) is 0 Å². The molecular formula is C18H13BrO2. The first kappa shape index (κ1) is 13.8. The van der Waals surface area contributed by atoms with Crippen molar-refractivity contribution in [2.24, 2.45) is 0 Å². The summed E-state index contributed by atoms with van der Waals surface area (Å²) in [5, 5.41) is 2.32. The summed E-state index contributed by atoms with van der Waals surface area (Å²) in [5.74, 6) is -0.342. The second kappa shape index (κ2) is 5.70. The molecule has 3 heteroatoms. The highest BCUT2D eigenvalue weighted by molar-refractivity contribution is 9.10. The molecule has 0 saturated heterocycles. The molecule has 0 spiro atoms. The fourth-order valence-electron chi connectivity index (χ4n) is 2.43. The molecule has 0 bridgehead atoms. The molecule has 2 nitrogen and oxygen atoms in total. The SMILES string of the molecule is COC(=O)c1c(Br)cccc1-c1ccc2ccccc2c1. The third kappa shape index (κ3) is 2.57. The van der Waals surface area contributed by atoms with Crippen molar-refractivity contribution in [2.75, 3.05) is 7.11 Å². The van der Waals surface area contributed by atoms with Crippen LogP contribution >= 0.6 is 15.9 Å². The third-order valence-electron chi connectivity index (χ3n) is 3.46. The van der Waals surface area contributed by atoms with E-state index >= 15 is 0 Å². The van der Waals surface area contributed by atoms with Gasteiger partial charge in [0.25, 0.3) is 0 Å². The fourth-order valence-corrected chi connectivity index (χ4v) is 2.96. The predicted octanol–water partition coefficient (Wildman–Crippen LogP) is 5.06. The van der Waals surface area contributed by atoms with Gasteiger partial charge in [-0.05, 0) is 50.0 Å². The summed E-state index contributed by atoms with van der Waals surface area (Å²) in [7, 11) is 1.39. The minimum Gasteiger partial charge on any atom is -0.465 e. The van der Waals surface area contributed by atoms with Crippen LogP contribution in [0.2, 0.25) is 0 Å². The van der Waals surface area contributed by atoms with Gasteiger partial charge in [-0.1, -0.05) is 48.5 Å². The largest absolute Gasteiger partial charge is 0.465 e. The smallest absolute Gasteiger partial charge is 0.339 e. The van der Waals surface area contributed by atoms with E-state index in [0.717, 1.165) is 21.0 Å². The lowest BCUT2D eigenvalue weighted by Crippen LogP contribution is -2.04. The van der Waals surface area contributed by atoms with E-state index in [1.165, 1.54) is 12.5 Å². The van der Waals surface area contributed by atoms with Crippen LogP contribution in [0.4, 0.5) is 0 Å². The van der Waals surface area contributed by atoms with Crippen molar-refractivity contribution in [3.8, 4) is 11.1 Å². The molecule has 0 aliphatic rings. The summed E-state index contributed by atoms with van der Waals surface area (Å²) in [6.45, 7) is 0. The molecule has 0 amide bonds. The first-order valence-corrected chi connectivity index (χ1v) is 7.36. The Morgan fingerprint density at radius 3 is 2.48 bits per heavy atom. The van der Waals surface area contributed by atoms with Crippen LogP contribution in [-0.4, -0.2) is 13.1 Å². The maximum Gasteiger partial charge on any atom is 0.339 e. The maximum atomic E-state index is 12.0. The lowest BCUT2D eigenvalue weighted by atomic mass is 9.97. The van der Waals surface area contributed by atoms with Crippen LogP contribution < -0.4 is 0 Å². The monoisotopic (exact) mass is 340 g/mol. The van der Waals surface area contributed by atoms with E-state index in [4.69, 9.17) is 4.74 Å². The Morgan fingerprint density at radius 2 is 1.71 bits per heavy atom. The van der Waals surface area contributed by atoms with E-state index in [0.29, 0.717) is 5.56 Å². The predicted molar refractivity (Wildman–Crippen MR) is 88.4 cm³/mol. The molecule has 0 fully saturated rings. The van der Waals surface area contributed by atoms with Gasteiger partial charge in [-0.15, -0.1) is 0 Å². The molecule has 0 aliphatic heterocycles. The van der Waals surface area contributed by atoms with Crippen LogP contribution in [0.25, 0.3) is 21.9 Å². The van der Waals surface area contributed by atoms with Crippen LogP contribution in [0.1, 0.15) is 10.4 Å². The molecule has 0 aliphatic carbocycles. The highest BCUT2D eigenvalue weighted by Gasteiger charge is 2.16. The minimum atomic E-state index is -0.342. The molecule has 0 N–H and O–H groups in total. The summed E-state index contributed by atoms with van der Waals surface area (Å²) in [4.78, 5) is 12.0. The van der Waals surface area contributed by atoms with Crippen LogP contribution in [-0.2, 0) is 4.74 Å². The number of benzene rings is 3. The normalized spacial score (nSPS) is 10.6. The number of halogens is 1. The van der Waals surface area contributed by atoms with E-state index in [2.05, 4.69) is 40.2 Å². The Balaban J connectivity index is 2.23. The van der Waals surface area contributed by atoms with Gasteiger partial charge in [-0.3, -0.25) is 0 Å². The first-order valence-electron chi connectivity index (χ1n) is 6.56. The number of hydrogen-bond acceptors (Lipinski definition) is 2. The van der Waals surface area contributed by atoms with Gasteiger partial charge in [0.05, 0.1) is 12.7 Å². The molecule has 3 aromatic rings. The molecular weight excluding hydrogens is 328 g/mol. The molecule has 21 heavy (non-hydrogen) atoms. The lowest BCUT2D eigenvalue weighted by Gasteiger charge is -2.11. The zero-order valence-corrected chi connectivity index (χ0v) is 13.1. The number of esters is 1. The molecule has 0 radical (unpaired) electrons. The van der Waals surface area contributed by atoms with E-state index in [9.17, 15) is 4.79 Å². The van der Waals surface area contributed by atoms with Gasteiger partial charge in [0, 0.05) is 4.47 Å². The second-order valence-electron chi connectivity index (χ2n) is 4.72. The fraction of sp³-hybridized carbons (Fsp3) is 0.0556. The van der Waals surface area contributed by atoms with Crippen molar-refractivity contribution in [2.45, 2.75) is 0 Å². The second-order valence-corrected chi connectivity index (χ2v) is 5.57. The minimum absolute atomic E-state index is 0.342. The molecule has 0 heterocycles. The van der Waals surface area contributed by atoms with Gasteiger partial charge in [0.1, 0.15) is 0 Å². The zero-order chi connectivity index (χ0) is 14.8. The molecule has 0 saturated carbocycles. The molecule has 0 unspecified atom stereocenters. The Hall–Kier alpha value is -2.13. The number of hydrogen-bond donors (Lipinski definition) is 0. The van der Waals surface area contributed by atoms with Gasteiger partial charge in [-0.2, -0.15) is 0 Å². The van der Waals surface area contributed by atoms with E-state index in [-0.39, 0.29) is 5.97 Å². The van der Waals surface area contributed by atoms with Crippen LogP contribution in [0, 0.1) is 0 Å². The van der Waals surface area contributed by atoms with E-state index < -0.39 is 0 Å². The van der Waals surface area contributed by atoms with Crippen molar-refractivity contribution >= 4 is 32.7 Å². The zero-order valence-electron chi connectivity index (χ0n) is 11.5. The number of carbonyl (C=O) groups excluding carboxylic acids is 1. The lowest BCUT2D eigenvalue weighted by molar-refractivity contribution is 0.0600. The van der Waals surface area contributed by atoms with E-state index in [1.807, 2.05) is 36.4 Å². The third-order valence-corrected chi connectivity index (χ3v) is 4.12. The summed E-state index contributed by atoms with van der Waals surface area (Å²) in [6.07, 6.45) is 0. The van der Waals surface area contributed by atoms with Crippen molar-refractivity contribution in [3.05, 3.63) is 70.7 Å². The van der Waals surface area contributed by atoms with Crippen LogP contribution in [0.5, 0.6) is 0 Å². The Bertz CT molecular complexity index is 824. The van der Waals surface area contributed by atoms with Crippen molar-refractivity contribution in [1.82, 2.24) is 0 Å². The molecule has 104 valence electrons. The Kier molecular flexibility index (Phi) is 3.76. The summed E-state index contributed by atoms with van der Waals surface area (Å²) in [6, 6.07) is 20.0. The maximum absolute atomic E-state index is 12.0. The number of methoxy groups -OCH3 is 1. The van der Waals surface area contributed by atoms with Gasteiger partial charge in [0.15, 0.2) is 0 Å². The van der Waals surface area contributed by atoms with E-state index in [1.54, 1.807) is 0 Å². The number of ether oxygens (including phenoxy) is 1. The van der Waals surface area contributed by atoms with Crippen molar-refractivity contribution in [3.63, 3.8) is 0 Å². The quantitative estimate of drug-likeness (QED) is 0.609. The molecule has 3 rings (SSSR count). The van der Waals surface area contributed by atoms with Crippen molar-refractivity contribution < 1.29 is 9.53 Å². The Labute approximate surface area is 131 Å². The average molecular weight is 341 g/mol. The average Bonchev–Trinajstić information content (AvgIpc) is 2.53. The summed E-state index contributed by atoms with van der Waals surface area (Å²) < 4.78 is 5.63. The Morgan fingerprint density at radius 1 is 0.952 bits per heavy atom. The van der Waals surface area contributed by atoms with Gasteiger partial charge < -0.3 is 4.74 Å². The first-order chi connectivity index (χ1) is 10.2. The summed E-state index contributed by atoms with van der Waals surface area (Å²) >= 11 is 3.43. The highest BCUT2D eigenvalue weighted by atomic mass is 79.9. The molecule has 0 aromatic heterocycles. The summed E-state index contributed by atoms with van der Waals surface area (Å²) in [5.41, 5.74) is 2.41. The standard InChI is InChI=1S/C18H13BrO2/c1-21-18(20)17-15(7-4-8-16(17)19)14-10-9-12-5-2-3-6-13(12)11-14/h2-11H,1H3. The number of carbonyl (C=O) groups is 1. The van der Waals surface area contributed by atoms with Crippen LogP contribution in [0.15, 0.2) is 65.1 Å². The number of fused-ring (bicyclic) bond motifs is 1. The topological polar surface area (TPSA) is 26.3 Å². The van der Waals surface area contributed by atoms with Gasteiger partial charge >= 0.3 is 5.97 Å². The van der Waals surface area contributed by atoms with Gasteiger partial charge in [-0.25, -0.2) is 4.79 Å².